The van der Waals surface area contributed by atoms with Crippen LogP contribution in [0, 0.1) is 5.92 Å². The molecule has 3 rings (SSSR count). The summed E-state index contributed by atoms with van der Waals surface area (Å²) in [6.07, 6.45) is 6.33. The van der Waals surface area contributed by atoms with Gasteiger partial charge in [0.2, 0.25) is 5.91 Å². The molecule has 0 N–H and O–H groups in total. The van der Waals surface area contributed by atoms with Crippen LogP contribution in [0.3, 0.4) is 0 Å². The Balaban J connectivity index is 1.55. The summed E-state index contributed by atoms with van der Waals surface area (Å²) in [5, 5.41) is 0. The number of rotatable bonds is 8. The molecule has 1 saturated carbocycles. The highest BCUT2D eigenvalue weighted by Crippen LogP contribution is 2.30. The smallest absolute Gasteiger partial charge is 0.223 e. The number of nitrogens with zero attached hydrogens (tertiary/aromatic N) is 2. The van der Waals surface area contributed by atoms with E-state index in [2.05, 4.69) is 11.9 Å². The van der Waals surface area contributed by atoms with Gasteiger partial charge in [0, 0.05) is 31.5 Å². The molecule has 0 aliphatic heterocycles. The van der Waals surface area contributed by atoms with Gasteiger partial charge in [-0.1, -0.05) is 37.3 Å². The number of aromatic nitrogens is 1. The number of hydrogen-bond donors (Lipinski definition) is 0. The summed E-state index contributed by atoms with van der Waals surface area (Å²) in [5.41, 5.74) is 1.01. The Morgan fingerprint density at radius 2 is 2.09 bits per heavy atom. The van der Waals surface area contributed by atoms with Crippen molar-refractivity contribution in [3.05, 3.63) is 42.4 Å². The molecule has 23 heavy (non-hydrogen) atoms. The number of aryl methyl sites for hydroxylation is 1. The van der Waals surface area contributed by atoms with Crippen molar-refractivity contribution in [3.8, 4) is 11.3 Å². The van der Waals surface area contributed by atoms with Gasteiger partial charge in [-0.05, 0) is 25.2 Å². The summed E-state index contributed by atoms with van der Waals surface area (Å²) in [4.78, 5) is 18.7. The van der Waals surface area contributed by atoms with Crippen molar-refractivity contribution in [2.24, 2.45) is 5.92 Å². The summed E-state index contributed by atoms with van der Waals surface area (Å²) in [5.74, 6) is 2.35. The van der Waals surface area contributed by atoms with E-state index in [1.807, 2.05) is 35.2 Å². The Labute approximate surface area is 137 Å². The summed E-state index contributed by atoms with van der Waals surface area (Å²) in [7, 11) is 0. The second-order valence-electron chi connectivity index (χ2n) is 6.27. The topological polar surface area (TPSA) is 46.3 Å². The highest BCUT2D eigenvalue weighted by Gasteiger charge is 2.26. The SMILES string of the molecule is CCCN(CC1CC1)C(=O)CCc1ncc(-c2ccccc2)o1. The van der Waals surface area contributed by atoms with Gasteiger partial charge < -0.3 is 9.32 Å². The Kier molecular flexibility index (Phi) is 5.11. The van der Waals surface area contributed by atoms with Crippen molar-refractivity contribution < 1.29 is 9.21 Å². The van der Waals surface area contributed by atoms with E-state index in [0.29, 0.717) is 18.7 Å². The van der Waals surface area contributed by atoms with Crippen molar-refractivity contribution in [3.63, 3.8) is 0 Å². The Morgan fingerprint density at radius 1 is 1.30 bits per heavy atom. The van der Waals surface area contributed by atoms with Gasteiger partial charge in [0.25, 0.3) is 0 Å². The fourth-order valence-electron chi connectivity index (χ4n) is 2.73. The van der Waals surface area contributed by atoms with Gasteiger partial charge in [-0.25, -0.2) is 4.98 Å². The Morgan fingerprint density at radius 3 is 2.78 bits per heavy atom. The molecule has 0 bridgehead atoms. The maximum atomic E-state index is 12.4. The van der Waals surface area contributed by atoms with Crippen LogP contribution in [0.1, 0.15) is 38.5 Å². The number of hydrogen-bond acceptors (Lipinski definition) is 3. The zero-order chi connectivity index (χ0) is 16.1. The Hall–Kier alpha value is -2.10. The average molecular weight is 312 g/mol. The first-order chi connectivity index (χ1) is 11.3. The second-order valence-corrected chi connectivity index (χ2v) is 6.27. The van der Waals surface area contributed by atoms with Gasteiger partial charge in [0.1, 0.15) is 0 Å². The van der Waals surface area contributed by atoms with Gasteiger partial charge in [-0.3, -0.25) is 4.79 Å². The predicted octanol–water partition coefficient (Wildman–Crippen LogP) is 3.92. The van der Waals surface area contributed by atoms with Crippen LogP contribution in [0.4, 0.5) is 0 Å². The van der Waals surface area contributed by atoms with Crippen molar-refractivity contribution >= 4 is 5.91 Å². The first-order valence-electron chi connectivity index (χ1n) is 8.54. The fourth-order valence-corrected chi connectivity index (χ4v) is 2.73. The van der Waals surface area contributed by atoms with E-state index in [9.17, 15) is 4.79 Å². The van der Waals surface area contributed by atoms with Crippen LogP contribution < -0.4 is 0 Å². The van der Waals surface area contributed by atoms with Gasteiger partial charge in [0.05, 0.1) is 6.20 Å². The van der Waals surface area contributed by atoms with Crippen LogP contribution in [0.15, 0.2) is 40.9 Å². The third kappa shape index (κ3) is 4.44. The van der Waals surface area contributed by atoms with Crippen molar-refractivity contribution in [1.82, 2.24) is 9.88 Å². The highest BCUT2D eigenvalue weighted by molar-refractivity contribution is 5.76. The molecule has 0 atom stereocenters. The first kappa shape index (κ1) is 15.8. The van der Waals surface area contributed by atoms with Crippen LogP contribution in [0.25, 0.3) is 11.3 Å². The van der Waals surface area contributed by atoms with E-state index < -0.39 is 0 Å². The monoisotopic (exact) mass is 312 g/mol. The molecule has 2 aromatic rings. The van der Waals surface area contributed by atoms with E-state index in [4.69, 9.17) is 4.42 Å². The molecule has 1 fully saturated rings. The number of carbonyl (C=O) groups excluding carboxylic acids is 1. The van der Waals surface area contributed by atoms with Crippen LogP contribution in [-0.4, -0.2) is 28.9 Å². The summed E-state index contributed by atoms with van der Waals surface area (Å²) < 4.78 is 5.77. The van der Waals surface area contributed by atoms with Crippen LogP contribution in [0.5, 0.6) is 0 Å². The maximum absolute atomic E-state index is 12.4. The Bertz CT molecular complexity index is 632. The minimum atomic E-state index is 0.221. The lowest BCUT2D eigenvalue weighted by Gasteiger charge is -2.21. The minimum absolute atomic E-state index is 0.221. The average Bonchev–Trinajstić information content (AvgIpc) is 3.27. The number of benzene rings is 1. The molecule has 1 amide bonds. The van der Waals surface area contributed by atoms with Crippen LogP contribution >= 0.6 is 0 Å². The van der Waals surface area contributed by atoms with Crippen LogP contribution in [0.2, 0.25) is 0 Å². The molecule has 1 aliphatic rings. The molecule has 122 valence electrons. The summed E-state index contributed by atoms with van der Waals surface area (Å²) in [6.45, 7) is 3.90. The van der Waals surface area contributed by atoms with Crippen molar-refractivity contribution in [1.29, 1.82) is 0 Å². The third-order valence-electron chi connectivity index (χ3n) is 4.19. The molecule has 0 unspecified atom stereocenters. The summed E-state index contributed by atoms with van der Waals surface area (Å²) >= 11 is 0. The molecule has 0 radical (unpaired) electrons. The molecule has 4 nitrogen and oxygen atoms in total. The number of oxazole rings is 1. The zero-order valence-electron chi connectivity index (χ0n) is 13.7. The molecule has 1 aliphatic carbocycles. The molecule has 1 aromatic carbocycles. The largest absolute Gasteiger partial charge is 0.441 e. The van der Waals surface area contributed by atoms with Crippen LogP contribution in [-0.2, 0) is 11.2 Å². The minimum Gasteiger partial charge on any atom is -0.441 e. The molecule has 4 heteroatoms. The lowest BCUT2D eigenvalue weighted by molar-refractivity contribution is -0.131. The third-order valence-corrected chi connectivity index (χ3v) is 4.19. The fraction of sp³-hybridized carbons (Fsp3) is 0.474. The van der Waals surface area contributed by atoms with Gasteiger partial charge in [-0.15, -0.1) is 0 Å². The lowest BCUT2D eigenvalue weighted by atomic mass is 10.2. The molecule has 1 aromatic heterocycles. The number of carbonyl (C=O) groups is 1. The molecule has 0 spiro atoms. The van der Waals surface area contributed by atoms with E-state index in [1.165, 1.54) is 12.8 Å². The molecular formula is C19H24N2O2. The first-order valence-corrected chi connectivity index (χ1v) is 8.54. The highest BCUT2D eigenvalue weighted by atomic mass is 16.4. The lowest BCUT2D eigenvalue weighted by Crippen LogP contribution is -2.33. The van der Waals surface area contributed by atoms with Crippen molar-refractivity contribution in [2.45, 2.75) is 39.0 Å². The van der Waals surface area contributed by atoms with E-state index in [0.717, 1.165) is 36.8 Å². The predicted molar refractivity (Wildman–Crippen MR) is 89.9 cm³/mol. The second kappa shape index (κ2) is 7.44. The van der Waals surface area contributed by atoms with Gasteiger partial charge in [-0.2, -0.15) is 0 Å². The van der Waals surface area contributed by atoms with Crippen molar-refractivity contribution in [2.75, 3.05) is 13.1 Å². The maximum Gasteiger partial charge on any atom is 0.223 e. The zero-order valence-corrected chi connectivity index (χ0v) is 13.7. The molecule has 0 saturated heterocycles. The van der Waals surface area contributed by atoms with E-state index >= 15 is 0 Å². The quantitative estimate of drug-likeness (QED) is 0.742. The van der Waals surface area contributed by atoms with Gasteiger partial charge in [0.15, 0.2) is 11.7 Å². The normalized spacial score (nSPS) is 14.0. The van der Waals surface area contributed by atoms with E-state index in [-0.39, 0.29) is 5.91 Å². The van der Waals surface area contributed by atoms with E-state index in [1.54, 1.807) is 6.20 Å². The standard InChI is InChI=1S/C19H24N2O2/c1-2-12-21(14-15-8-9-15)19(22)11-10-18-20-13-17(23-18)16-6-4-3-5-7-16/h3-7,13,15H,2,8-12,14H2,1H3. The number of amides is 1. The van der Waals surface area contributed by atoms with Gasteiger partial charge >= 0.3 is 0 Å². The molecule has 1 heterocycles. The summed E-state index contributed by atoms with van der Waals surface area (Å²) in [6, 6.07) is 9.91. The molecular weight excluding hydrogens is 288 g/mol.